The van der Waals surface area contributed by atoms with Crippen LogP contribution in [0.15, 0.2) is 18.2 Å². The van der Waals surface area contributed by atoms with Gasteiger partial charge >= 0.3 is 0 Å². The molecular formula is C10H10N4O. The Bertz CT molecular complexity index is 550. The van der Waals surface area contributed by atoms with E-state index < -0.39 is 5.91 Å². The lowest BCUT2D eigenvalue weighted by Crippen LogP contribution is -2.11. The van der Waals surface area contributed by atoms with Crippen LogP contribution in [0.25, 0.3) is 10.8 Å². The summed E-state index contributed by atoms with van der Waals surface area (Å²) in [6, 6.07) is 5.03. The molecule has 0 atom stereocenters. The molecule has 4 N–H and O–H groups in total. The standard InChI is InChI=1S/C10H10N4O/c1-5-8-4-6(10(12)15)2-3-7(8)9(11)14-13-5/h2-4H,1H3,(H2,11,14)(H2,12,15). The van der Waals surface area contributed by atoms with E-state index in [9.17, 15) is 4.79 Å². The number of carbonyl (C=O) groups excluding carboxylic acids is 1. The number of nitrogens with two attached hydrogens (primary N) is 2. The first kappa shape index (κ1) is 9.39. The van der Waals surface area contributed by atoms with Gasteiger partial charge in [-0.2, -0.15) is 5.10 Å². The first-order chi connectivity index (χ1) is 7.09. The molecule has 76 valence electrons. The Balaban J connectivity index is 2.81. The molecule has 0 aliphatic rings. The van der Waals surface area contributed by atoms with Crippen LogP contribution in [0, 0.1) is 6.92 Å². The molecule has 0 aliphatic carbocycles. The van der Waals surface area contributed by atoms with Crippen molar-refractivity contribution in [2.45, 2.75) is 6.92 Å². The lowest BCUT2D eigenvalue weighted by Gasteiger charge is -2.04. The van der Waals surface area contributed by atoms with Gasteiger partial charge in [0, 0.05) is 16.3 Å². The van der Waals surface area contributed by atoms with Crippen molar-refractivity contribution in [3.8, 4) is 0 Å². The molecule has 0 saturated heterocycles. The number of hydrogen-bond donors (Lipinski definition) is 2. The SMILES string of the molecule is Cc1nnc(N)c2ccc(C(N)=O)cc12. The van der Waals surface area contributed by atoms with Gasteiger partial charge in [0.15, 0.2) is 5.82 Å². The number of carbonyl (C=O) groups is 1. The fraction of sp³-hybridized carbons (Fsp3) is 0.100. The van der Waals surface area contributed by atoms with Crippen molar-refractivity contribution in [3.05, 3.63) is 29.5 Å². The van der Waals surface area contributed by atoms with Gasteiger partial charge in [-0.05, 0) is 25.1 Å². The number of aryl methyl sites for hydroxylation is 1. The van der Waals surface area contributed by atoms with Gasteiger partial charge in [0.1, 0.15) is 0 Å². The molecule has 0 radical (unpaired) electrons. The number of primary amides is 1. The topological polar surface area (TPSA) is 94.9 Å². The van der Waals surface area contributed by atoms with E-state index >= 15 is 0 Å². The normalized spacial score (nSPS) is 10.5. The minimum absolute atomic E-state index is 0.353. The summed E-state index contributed by atoms with van der Waals surface area (Å²) in [5.74, 6) is -0.113. The van der Waals surface area contributed by atoms with Crippen LogP contribution < -0.4 is 11.5 Å². The van der Waals surface area contributed by atoms with Gasteiger partial charge in [0.25, 0.3) is 0 Å². The second-order valence-corrected chi connectivity index (χ2v) is 3.30. The van der Waals surface area contributed by atoms with Crippen LogP contribution in [0.5, 0.6) is 0 Å². The average Bonchev–Trinajstić information content (AvgIpc) is 2.23. The highest BCUT2D eigenvalue weighted by Gasteiger charge is 2.07. The summed E-state index contributed by atoms with van der Waals surface area (Å²) in [5.41, 5.74) is 12.0. The summed E-state index contributed by atoms with van der Waals surface area (Å²) >= 11 is 0. The van der Waals surface area contributed by atoms with Gasteiger partial charge < -0.3 is 11.5 Å². The molecule has 1 aromatic carbocycles. The van der Waals surface area contributed by atoms with Crippen LogP contribution in [0.2, 0.25) is 0 Å². The molecule has 1 heterocycles. The van der Waals surface area contributed by atoms with E-state index in [1.54, 1.807) is 25.1 Å². The fourth-order valence-corrected chi connectivity index (χ4v) is 1.46. The second kappa shape index (κ2) is 3.20. The van der Waals surface area contributed by atoms with E-state index in [4.69, 9.17) is 11.5 Å². The number of nitrogens with zero attached hydrogens (tertiary/aromatic N) is 2. The third-order valence-electron chi connectivity index (χ3n) is 2.28. The molecule has 0 bridgehead atoms. The number of aromatic nitrogens is 2. The van der Waals surface area contributed by atoms with Crippen molar-refractivity contribution in [2.24, 2.45) is 5.73 Å². The maximum atomic E-state index is 11.0. The summed E-state index contributed by atoms with van der Waals surface area (Å²) in [5, 5.41) is 9.26. The maximum Gasteiger partial charge on any atom is 0.248 e. The zero-order valence-electron chi connectivity index (χ0n) is 8.19. The highest BCUT2D eigenvalue weighted by Crippen LogP contribution is 2.21. The Morgan fingerprint density at radius 3 is 2.67 bits per heavy atom. The van der Waals surface area contributed by atoms with E-state index in [1.165, 1.54) is 0 Å². The Kier molecular flexibility index (Phi) is 2.00. The molecule has 15 heavy (non-hydrogen) atoms. The molecule has 0 unspecified atom stereocenters. The minimum Gasteiger partial charge on any atom is -0.382 e. The average molecular weight is 202 g/mol. The number of nitrogen functional groups attached to an aromatic ring is 1. The lowest BCUT2D eigenvalue weighted by atomic mass is 10.1. The monoisotopic (exact) mass is 202 g/mol. The van der Waals surface area contributed by atoms with Crippen molar-refractivity contribution in [2.75, 3.05) is 5.73 Å². The number of benzene rings is 1. The Labute approximate surface area is 86.1 Å². The van der Waals surface area contributed by atoms with Crippen LogP contribution in [-0.4, -0.2) is 16.1 Å². The Morgan fingerprint density at radius 2 is 2.00 bits per heavy atom. The van der Waals surface area contributed by atoms with Gasteiger partial charge in [-0.25, -0.2) is 0 Å². The van der Waals surface area contributed by atoms with Crippen molar-refractivity contribution in [1.82, 2.24) is 10.2 Å². The molecule has 1 aromatic heterocycles. The minimum atomic E-state index is -0.466. The second-order valence-electron chi connectivity index (χ2n) is 3.30. The zero-order valence-corrected chi connectivity index (χ0v) is 8.19. The van der Waals surface area contributed by atoms with Gasteiger partial charge in [0.05, 0.1) is 5.69 Å². The van der Waals surface area contributed by atoms with Crippen LogP contribution >= 0.6 is 0 Å². The van der Waals surface area contributed by atoms with Crippen LogP contribution in [0.3, 0.4) is 0 Å². The zero-order chi connectivity index (χ0) is 11.0. The predicted octanol–water partition coefficient (Wildman–Crippen LogP) is 0.619. The molecule has 0 fully saturated rings. The van der Waals surface area contributed by atoms with Gasteiger partial charge in [0.2, 0.25) is 5.91 Å². The van der Waals surface area contributed by atoms with Crippen molar-refractivity contribution in [1.29, 1.82) is 0 Å². The van der Waals surface area contributed by atoms with E-state index in [0.717, 1.165) is 16.5 Å². The lowest BCUT2D eigenvalue weighted by molar-refractivity contribution is 0.100. The first-order valence-electron chi connectivity index (χ1n) is 4.42. The largest absolute Gasteiger partial charge is 0.382 e. The molecule has 2 aromatic rings. The number of amides is 1. The molecular weight excluding hydrogens is 192 g/mol. The maximum absolute atomic E-state index is 11.0. The third kappa shape index (κ3) is 1.48. The summed E-state index contributed by atoms with van der Waals surface area (Å²) in [6.07, 6.45) is 0. The third-order valence-corrected chi connectivity index (χ3v) is 2.28. The smallest absolute Gasteiger partial charge is 0.248 e. The summed E-state index contributed by atoms with van der Waals surface area (Å²) < 4.78 is 0. The van der Waals surface area contributed by atoms with Crippen molar-refractivity contribution < 1.29 is 4.79 Å². The van der Waals surface area contributed by atoms with Crippen LogP contribution in [0.4, 0.5) is 5.82 Å². The Morgan fingerprint density at radius 1 is 1.27 bits per heavy atom. The quantitative estimate of drug-likeness (QED) is 0.708. The van der Waals surface area contributed by atoms with Crippen molar-refractivity contribution in [3.63, 3.8) is 0 Å². The van der Waals surface area contributed by atoms with Gasteiger partial charge in [-0.3, -0.25) is 4.79 Å². The first-order valence-corrected chi connectivity index (χ1v) is 4.42. The summed E-state index contributed by atoms with van der Waals surface area (Å²) in [7, 11) is 0. The van der Waals surface area contributed by atoms with Gasteiger partial charge in [-0.1, -0.05) is 0 Å². The summed E-state index contributed by atoms with van der Waals surface area (Å²) in [4.78, 5) is 11.0. The number of fused-ring (bicyclic) bond motifs is 1. The predicted molar refractivity (Wildman–Crippen MR) is 57.2 cm³/mol. The highest BCUT2D eigenvalue weighted by atomic mass is 16.1. The molecule has 0 saturated carbocycles. The Hall–Kier alpha value is -2.17. The summed E-state index contributed by atoms with van der Waals surface area (Å²) in [6.45, 7) is 1.81. The van der Waals surface area contributed by atoms with E-state index in [-0.39, 0.29) is 0 Å². The van der Waals surface area contributed by atoms with Crippen LogP contribution in [-0.2, 0) is 0 Å². The molecule has 0 aliphatic heterocycles. The van der Waals surface area contributed by atoms with E-state index in [0.29, 0.717) is 11.4 Å². The molecule has 2 rings (SSSR count). The van der Waals surface area contributed by atoms with Crippen LogP contribution in [0.1, 0.15) is 16.1 Å². The fourth-order valence-electron chi connectivity index (χ4n) is 1.46. The number of hydrogen-bond acceptors (Lipinski definition) is 4. The molecule has 5 heteroatoms. The van der Waals surface area contributed by atoms with E-state index in [2.05, 4.69) is 10.2 Å². The van der Waals surface area contributed by atoms with Gasteiger partial charge in [-0.15, -0.1) is 5.10 Å². The van der Waals surface area contributed by atoms with E-state index in [1.807, 2.05) is 0 Å². The molecule has 5 nitrogen and oxygen atoms in total. The highest BCUT2D eigenvalue weighted by molar-refractivity contribution is 6.00. The van der Waals surface area contributed by atoms with Crippen molar-refractivity contribution >= 4 is 22.5 Å². The number of anilines is 1. The number of rotatable bonds is 1. The molecule has 1 amide bonds. The molecule has 0 spiro atoms.